The second-order valence-electron chi connectivity index (χ2n) is 7.07. The lowest BCUT2D eigenvalue weighted by atomic mass is 10.2. The quantitative estimate of drug-likeness (QED) is 0.479. The number of hydrogen-bond acceptors (Lipinski definition) is 7. The van der Waals surface area contributed by atoms with Crippen LogP contribution in [0.5, 0.6) is 0 Å². The van der Waals surface area contributed by atoms with E-state index in [1.807, 2.05) is 32.2 Å². The second-order valence-corrected chi connectivity index (χ2v) is 8.14. The Hall–Kier alpha value is -2.77. The lowest BCUT2D eigenvalue weighted by Gasteiger charge is -2.28. The lowest BCUT2D eigenvalue weighted by molar-refractivity contribution is 0.122. The fraction of sp³-hybridized carbons (Fsp3) is 0.273. The van der Waals surface area contributed by atoms with Crippen molar-refractivity contribution in [3.05, 3.63) is 59.8 Å². The zero-order chi connectivity index (χ0) is 20.2. The van der Waals surface area contributed by atoms with Crippen LogP contribution < -0.4 is 16.0 Å². The molecule has 6 nitrogen and oxygen atoms in total. The van der Waals surface area contributed by atoms with Crippen molar-refractivity contribution in [1.29, 1.82) is 0 Å². The van der Waals surface area contributed by atoms with Gasteiger partial charge < -0.3 is 20.7 Å². The molecule has 0 atom stereocenters. The molecule has 0 unspecified atom stereocenters. The molecule has 2 heterocycles. The van der Waals surface area contributed by atoms with Gasteiger partial charge in [0.2, 0.25) is 5.95 Å². The Bertz CT molecular complexity index is 987. The summed E-state index contributed by atoms with van der Waals surface area (Å²) in [6, 6.07) is 14.4. The van der Waals surface area contributed by atoms with E-state index >= 15 is 0 Å². The summed E-state index contributed by atoms with van der Waals surface area (Å²) >= 11 is 1.62. The third-order valence-electron chi connectivity index (χ3n) is 4.88. The number of aryl methyl sites for hydroxylation is 2. The predicted molar refractivity (Wildman–Crippen MR) is 119 cm³/mol. The van der Waals surface area contributed by atoms with Crippen molar-refractivity contribution >= 4 is 34.8 Å². The van der Waals surface area contributed by atoms with Crippen molar-refractivity contribution in [2.24, 2.45) is 0 Å². The number of nitrogen functional groups attached to an aromatic ring is 1. The Morgan fingerprint density at radius 2 is 1.79 bits per heavy atom. The standard InChI is InChI=1S/C22H25N5OS/c1-15-13-19(7-8-20(15)23)29-21-16(2)14-24-22(26-21)25-17-3-5-18(6-4-17)27-9-11-28-12-10-27/h3-8,13-14H,9-12,23H2,1-2H3,(H,24,25,26). The number of anilines is 4. The van der Waals surface area contributed by atoms with Crippen molar-refractivity contribution in [3.63, 3.8) is 0 Å². The zero-order valence-corrected chi connectivity index (χ0v) is 17.5. The molecule has 0 aliphatic carbocycles. The maximum absolute atomic E-state index is 5.93. The number of aromatic nitrogens is 2. The first-order valence-corrected chi connectivity index (χ1v) is 10.5. The van der Waals surface area contributed by atoms with Gasteiger partial charge in [-0.05, 0) is 61.9 Å². The lowest BCUT2D eigenvalue weighted by Crippen LogP contribution is -2.36. The first-order valence-electron chi connectivity index (χ1n) is 9.66. The molecule has 1 aliphatic rings. The average molecular weight is 408 g/mol. The van der Waals surface area contributed by atoms with Gasteiger partial charge in [0.1, 0.15) is 5.03 Å². The van der Waals surface area contributed by atoms with Crippen LogP contribution >= 0.6 is 11.8 Å². The molecule has 1 saturated heterocycles. The highest BCUT2D eigenvalue weighted by Gasteiger charge is 2.11. The fourth-order valence-electron chi connectivity index (χ4n) is 3.12. The van der Waals surface area contributed by atoms with Crippen molar-refractivity contribution in [3.8, 4) is 0 Å². The van der Waals surface area contributed by atoms with Gasteiger partial charge in [-0.2, -0.15) is 0 Å². The molecule has 1 fully saturated rings. The number of hydrogen-bond donors (Lipinski definition) is 2. The van der Waals surface area contributed by atoms with E-state index in [1.165, 1.54) is 5.69 Å². The topological polar surface area (TPSA) is 76.3 Å². The molecule has 3 aromatic rings. The number of ether oxygens (including phenoxy) is 1. The van der Waals surface area contributed by atoms with Gasteiger partial charge in [0.05, 0.1) is 13.2 Å². The van der Waals surface area contributed by atoms with E-state index in [9.17, 15) is 0 Å². The van der Waals surface area contributed by atoms with E-state index in [0.717, 1.165) is 58.7 Å². The number of benzene rings is 2. The molecular formula is C22H25N5OS. The number of morpholine rings is 1. The molecule has 0 saturated carbocycles. The summed E-state index contributed by atoms with van der Waals surface area (Å²) in [4.78, 5) is 12.6. The van der Waals surface area contributed by atoms with Crippen LogP contribution in [0.4, 0.5) is 23.0 Å². The van der Waals surface area contributed by atoms with Gasteiger partial charge >= 0.3 is 0 Å². The van der Waals surface area contributed by atoms with Crippen LogP contribution in [0.2, 0.25) is 0 Å². The molecule has 1 aromatic heterocycles. The largest absolute Gasteiger partial charge is 0.399 e. The van der Waals surface area contributed by atoms with Crippen molar-refractivity contribution in [2.75, 3.05) is 42.3 Å². The summed E-state index contributed by atoms with van der Waals surface area (Å²) in [5.74, 6) is 0.587. The Labute approximate surface area is 175 Å². The van der Waals surface area contributed by atoms with E-state index in [1.54, 1.807) is 11.8 Å². The maximum Gasteiger partial charge on any atom is 0.228 e. The van der Waals surface area contributed by atoms with Crippen LogP contribution in [0.15, 0.2) is 58.6 Å². The summed E-state index contributed by atoms with van der Waals surface area (Å²) in [7, 11) is 0. The van der Waals surface area contributed by atoms with E-state index in [0.29, 0.717) is 5.95 Å². The smallest absolute Gasteiger partial charge is 0.228 e. The first-order chi connectivity index (χ1) is 14.1. The molecule has 1 aliphatic heterocycles. The maximum atomic E-state index is 5.93. The zero-order valence-electron chi connectivity index (χ0n) is 16.7. The molecule has 7 heteroatoms. The summed E-state index contributed by atoms with van der Waals surface area (Å²) in [6.45, 7) is 7.46. The van der Waals surface area contributed by atoms with Gasteiger partial charge in [0.25, 0.3) is 0 Å². The number of rotatable bonds is 5. The van der Waals surface area contributed by atoms with Gasteiger partial charge in [0, 0.05) is 46.8 Å². The molecular weight excluding hydrogens is 382 g/mol. The molecule has 3 N–H and O–H groups in total. The Balaban J connectivity index is 1.47. The van der Waals surface area contributed by atoms with Gasteiger partial charge in [-0.15, -0.1) is 0 Å². The van der Waals surface area contributed by atoms with Crippen molar-refractivity contribution in [2.45, 2.75) is 23.8 Å². The highest BCUT2D eigenvalue weighted by molar-refractivity contribution is 7.99. The minimum absolute atomic E-state index is 0.587. The SMILES string of the molecule is Cc1cc(Sc2nc(Nc3ccc(N4CCOCC4)cc3)ncc2C)ccc1N. The number of nitrogens with one attached hydrogen (secondary N) is 1. The summed E-state index contributed by atoms with van der Waals surface area (Å²) in [5.41, 5.74) is 11.0. The monoisotopic (exact) mass is 407 g/mol. The van der Waals surface area contributed by atoms with E-state index in [-0.39, 0.29) is 0 Å². The highest BCUT2D eigenvalue weighted by atomic mass is 32.2. The van der Waals surface area contributed by atoms with E-state index in [4.69, 9.17) is 15.5 Å². The van der Waals surface area contributed by atoms with Gasteiger partial charge in [-0.1, -0.05) is 11.8 Å². The third-order valence-corrected chi connectivity index (χ3v) is 5.98. The molecule has 0 amide bonds. The fourth-order valence-corrected chi connectivity index (χ4v) is 4.06. The van der Waals surface area contributed by atoms with E-state index in [2.05, 4.69) is 45.5 Å². The normalized spacial score (nSPS) is 14.1. The molecule has 0 radical (unpaired) electrons. The Morgan fingerprint density at radius 1 is 1.03 bits per heavy atom. The summed E-state index contributed by atoms with van der Waals surface area (Å²) in [5, 5.41) is 4.24. The van der Waals surface area contributed by atoms with Crippen LogP contribution in [0.3, 0.4) is 0 Å². The van der Waals surface area contributed by atoms with Crippen LogP contribution in [-0.2, 0) is 4.74 Å². The van der Waals surface area contributed by atoms with Gasteiger partial charge in [-0.3, -0.25) is 0 Å². The molecule has 29 heavy (non-hydrogen) atoms. The third kappa shape index (κ3) is 4.81. The van der Waals surface area contributed by atoms with Gasteiger partial charge in [-0.25, -0.2) is 9.97 Å². The predicted octanol–water partition coefficient (Wildman–Crippen LogP) is 4.41. The Kier molecular flexibility index (Phi) is 5.87. The highest BCUT2D eigenvalue weighted by Crippen LogP contribution is 2.31. The summed E-state index contributed by atoms with van der Waals surface area (Å²) < 4.78 is 5.42. The summed E-state index contributed by atoms with van der Waals surface area (Å²) in [6.07, 6.45) is 1.85. The van der Waals surface area contributed by atoms with Crippen molar-refractivity contribution in [1.82, 2.24) is 9.97 Å². The minimum Gasteiger partial charge on any atom is -0.399 e. The molecule has 0 spiro atoms. The van der Waals surface area contributed by atoms with Crippen LogP contribution in [0, 0.1) is 13.8 Å². The second kappa shape index (κ2) is 8.71. The first kappa shape index (κ1) is 19.5. The molecule has 2 aromatic carbocycles. The minimum atomic E-state index is 0.587. The van der Waals surface area contributed by atoms with Crippen LogP contribution in [0.1, 0.15) is 11.1 Å². The molecule has 150 valence electrons. The van der Waals surface area contributed by atoms with Crippen LogP contribution in [-0.4, -0.2) is 36.3 Å². The van der Waals surface area contributed by atoms with Crippen LogP contribution in [0.25, 0.3) is 0 Å². The van der Waals surface area contributed by atoms with E-state index < -0.39 is 0 Å². The molecule has 0 bridgehead atoms. The van der Waals surface area contributed by atoms with Gasteiger partial charge in [0.15, 0.2) is 0 Å². The average Bonchev–Trinajstić information content (AvgIpc) is 2.74. The molecule has 4 rings (SSSR count). The Morgan fingerprint density at radius 3 is 2.52 bits per heavy atom. The number of nitrogens with two attached hydrogens (primary N) is 1. The van der Waals surface area contributed by atoms with Crippen molar-refractivity contribution < 1.29 is 4.74 Å². The number of nitrogens with zero attached hydrogens (tertiary/aromatic N) is 3.